The summed E-state index contributed by atoms with van der Waals surface area (Å²) < 4.78 is 10.6. The molecule has 1 fully saturated rings. The minimum absolute atomic E-state index is 0.105. The van der Waals surface area contributed by atoms with E-state index in [1.807, 2.05) is 24.3 Å². The van der Waals surface area contributed by atoms with Gasteiger partial charge in [0.05, 0.1) is 13.2 Å². The Morgan fingerprint density at radius 1 is 1.10 bits per heavy atom. The third kappa shape index (κ3) is 4.85. The van der Waals surface area contributed by atoms with E-state index in [0.29, 0.717) is 5.56 Å². The number of hydrogen-bond acceptors (Lipinski definition) is 3. The van der Waals surface area contributed by atoms with E-state index >= 15 is 0 Å². The van der Waals surface area contributed by atoms with Crippen LogP contribution in [0.2, 0.25) is 0 Å². The molecule has 0 amide bonds. The molecular formula is C18H26O3. The molecule has 0 aliphatic carbocycles. The lowest BCUT2D eigenvalue weighted by Gasteiger charge is -2.01. The Labute approximate surface area is 127 Å². The van der Waals surface area contributed by atoms with Gasteiger partial charge in [-0.2, -0.15) is 0 Å². The fourth-order valence-electron chi connectivity index (χ4n) is 2.64. The van der Waals surface area contributed by atoms with Crippen molar-refractivity contribution in [3.63, 3.8) is 0 Å². The predicted octanol–water partition coefficient (Wildman–Crippen LogP) is 4.40. The van der Waals surface area contributed by atoms with Crippen LogP contribution in [0.5, 0.6) is 5.75 Å². The van der Waals surface area contributed by atoms with Gasteiger partial charge in [-0.3, -0.25) is 4.79 Å². The molecule has 3 heteroatoms. The van der Waals surface area contributed by atoms with Crippen LogP contribution in [-0.2, 0) is 4.74 Å². The SMILES string of the molecule is CCCCCCCC[C@H]1O[C@@H]1C(=O)c1ccc(OC)cc1. The van der Waals surface area contributed by atoms with E-state index in [0.717, 1.165) is 12.2 Å². The van der Waals surface area contributed by atoms with Crippen molar-refractivity contribution in [2.45, 2.75) is 64.1 Å². The van der Waals surface area contributed by atoms with Crippen molar-refractivity contribution in [3.8, 4) is 5.75 Å². The molecule has 1 aromatic carbocycles. The summed E-state index contributed by atoms with van der Waals surface area (Å²) in [7, 11) is 1.62. The third-order valence-corrected chi connectivity index (χ3v) is 4.06. The zero-order chi connectivity index (χ0) is 15.1. The van der Waals surface area contributed by atoms with Gasteiger partial charge in [0.2, 0.25) is 0 Å². The van der Waals surface area contributed by atoms with Gasteiger partial charge in [-0.05, 0) is 30.7 Å². The van der Waals surface area contributed by atoms with Crippen LogP contribution in [-0.4, -0.2) is 25.1 Å². The molecule has 0 saturated carbocycles. The fraction of sp³-hybridized carbons (Fsp3) is 0.611. The van der Waals surface area contributed by atoms with Crippen molar-refractivity contribution in [3.05, 3.63) is 29.8 Å². The molecule has 0 N–H and O–H groups in total. The Hall–Kier alpha value is -1.35. The van der Waals surface area contributed by atoms with Gasteiger partial charge in [-0.15, -0.1) is 0 Å². The van der Waals surface area contributed by atoms with Crippen LogP contribution in [0.25, 0.3) is 0 Å². The van der Waals surface area contributed by atoms with Crippen LogP contribution < -0.4 is 4.74 Å². The van der Waals surface area contributed by atoms with E-state index < -0.39 is 0 Å². The van der Waals surface area contributed by atoms with Gasteiger partial charge in [0, 0.05) is 5.56 Å². The van der Waals surface area contributed by atoms with E-state index in [4.69, 9.17) is 9.47 Å². The quantitative estimate of drug-likeness (QED) is 0.364. The average molecular weight is 290 g/mol. The number of unbranched alkanes of at least 4 members (excludes halogenated alkanes) is 5. The molecule has 0 aromatic heterocycles. The topological polar surface area (TPSA) is 38.8 Å². The predicted molar refractivity (Wildman–Crippen MR) is 84.0 cm³/mol. The normalized spacial score (nSPS) is 20.3. The lowest BCUT2D eigenvalue weighted by molar-refractivity contribution is 0.0953. The van der Waals surface area contributed by atoms with E-state index in [2.05, 4.69) is 6.92 Å². The van der Waals surface area contributed by atoms with Crippen molar-refractivity contribution < 1.29 is 14.3 Å². The number of carbonyl (C=O) groups is 1. The highest BCUT2D eigenvalue weighted by atomic mass is 16.6. The molecule has 21 heavy (non-hydrogen) atoms. The molecule has 1 heterocycles. The second kappa shape index (κ2) is 8.18. The van der Waals surface area contributed by atoms with Gasteiger partial charge in [-0.1, -0.05) is 45.4 Å². The van der Waals surface area contributed by atoms with Gasteiger partial charge in [0.25, 0.3) is 0 Å². The summed E-state index contributed by atoms with van der Waals surface area (Å²) in [5, 5.41) is 0. The summed E-state index contributed by atoms with van der Waals surface area (Å²) in [4.78, 5) is 12.2. The van der Waals surface area contributed by atoms with E-state index in [-0.39, 0.29) is 18.0 Å². The number of ketones is 1. The van der Waals surface area contributed by atoms with E-state index in [1.165, 1.54) is 38.5 Å². The lowest BCUT2D eigenvalue weighted by atomic mass is 10.0. The van der Waals surface area contributed by atoms with Crippen LogP contribution in [0.1, 0.15) is 62.2 Å². The number of Topliss-reactive ketones (excluding diaryl/α,β-unsaturated/α-hetero) is 1. The monoisotopic (exact) mass is 290 g/mol. The first-order valence-corrected chi connectivity index (χ1v) is 8.10. The van der Waals surface area contributed by atoms with Crippen molar-refractivity contribution in [2.24, 2.45) is 0 Å². The molecule has 0 spiro atoms. The van der Waals surface area contributed by atoms with Gasteiger partial charge in [-0.25, -0.2) is 0 Å². The molecule has 1 saturated heterocycles. The van der Waals surface area contributed by atoms with Crippen LogP contribution in [0.15, 0.2) is 24.3 Å². The zero-order valence-corrected chi connectivity index (χ0v) is 13.1. The Morgan fingerprint density at radius 2 is 1.76 bits per heavy atom. The molecular weight excluding hydrogens is 264 g/mol. The second-order valence-corrected chi connectivity index (χ2v) is 5.74. The number of ether oxygens (including phenoxy) is 2. The van der Waals surface area contributed by atoms with Gasteiger partial charge in [0.1, 0.15) is 11.9 Å². The molecule has 1 aromatic rings. The van der Waals surface area contributed by atoms with E-state index in [1.54, 1.807) is 7.11 Å². The van der Waals surface area contributed by atoms with Gasteiger partial charge >= 0.3 is 0 Å². The van der Waals surface area contributed by atoms with Crippen LogP contribution in [0.4, 0.5) is 0 Å². The molecule has 0 unspecified atom stereocenters. The first-order chi connectivity index (χ1) is 10.3. The fourth-order valence-corrected chi connectivity index (χ4v) is 2.64. The number of carbonyl (C=O) groups excluding carboxylic acids is 1. The van der Waals surface area contributed by atoms with Crippen molar-refractivity contribution >= 4 is 5.78 Å². The molecule has 0 bridgehead atoms. The Morgan fingerprint density at radius 3 is 2.43 bits per heavy atom. The second-order valence-electron chi connectivity index (χ2n) is 5.74. The van der Waals surface area contributed by atoms with Crippen molar-refractivity contribution in [1.29, 1.82) is 0 Å². The number of methoxy groups -OCH3 is 1. The van der Waals surface area contributed by atoms with Crippen LogP contribution in [0, 0.1) is 0 Å². The molecule has 1 aliphatic rings. The minimum atomic E-state index is -0.214. The highest BCUT2D eigenvalue weighted by Crippen LogP contribution is 2.31. The number of rotatable bonds is 10. The van der Waals surface area contributed by atoms with Gasteiger partial charge in [0.15, 0.2) is 5.78 Å². The molecule has 2 rings (SSSR count). The number of benzene rings is 1. The number of hydrogen-bond donors (Lipinski definition) is 0. The summed E-state index contributed by atoms with van der Waals surface area (Å²) in [5.41, 5.74) is 0.714. The molecule has 116 valence electrons. The largest absolute Gasteiger partial charge is 0.497 e. The highest BCUT2D eigenvalue weighted by molar-refractivity contribution is 6.01. The summed E-state index contributed by atoms with van der Waals surface area (Å²) in [5.74, 6) is 0.875. The molecule has 2 atom stereocenters. The summed E-state index contributed by atoms with van der Waals surface area (Å²) in [6.45, 7) is 2.23. The lowest BCUT2D eigenvalue weighted by Crippen LogP contribution is -2.10. The van der Waals surface area contributed by atoms with Crippen molar-refractivity contribution in [1.82, 2.24) is 0 Å². The first-order valence-electron chi connectivity index (χ1n) is 8.10. The Kier molecular flexibility index (Phi) is 6.24. The summed E-state index contributed by atoms with van der Waals surface area (Å²) >= 11 is 0. The zero-order valence-electron chi connectivity index (χ0n) is 13.1. The maximum absolute atomic E-state index is 12.2. The summed E-state index contributed by atoms with van der Waals surface area (Å²) in [6.07, 6.45) is 8.61. The minimum Gasteiger partial charge on any atom is -0.497 e. The Balaban J connectivity index is 1.66. The molecule has 0 radical (unpaired) electrons. The maximum atomic E-state index is 12.2. The summed E-state index contributed by atoms with van der Waals surface area (Å²) in [6, 6.07) is 7.26. The van der Waals surface area contributed by atoms with Gasteiger partial charge < -0.3 is 9.47 Å². The van der Waals surface area contributed by atoms with Crippen molar-refractivity contribution in [2.75, 3.05) is 7.11 Å². The average Bonchev–Trinajstić information content (AvgIpc) is 3.29. The van der Waals surface area contributed by atoms with Crippen LogP contribution >= 0.6 is 0 Å². The standard InChI is InChI=1S/C18H26O3/c1-3-4-5-6-7-8-9-16-18(21-16)17(19)14-10-12-15(20-2)13-11-14/h10-13,16,18H,3-9H2,1-2H3/t16-,18+/m1/s1. The van der Waals surface area contributed by atoms with Crippen LogP contribution in [0.3, 0.4) is 0 Å². The maximum Gasteiger partial charge on any atom is 0.194 e. The Bertz CT molecular complexity index is 438. The smallest absolute Gasteiger partial charge is 0.194 e. The first kappa shape index (κ1) is 16.0. The van der Waals surface area contributed by atoms with E-state index in [9.17, 15) is 4.79 Å². The third-order valence-electron chi connectivity index (χ3n) is 4.06. The molecule has 1 aliphatic heterocycles. The highest BCUT2D eigenvalue weighted by Gasteiger charge is 2.44. The number of epoxide rings is 1. The molecule has 3 nitrogen and oxygen atoms in total.